The Balaban J connectivity index is 0.00000264. The maximum absolute atomic E-state index is 11.6. The van der Waals surface area contributed by atoms with E-state index in [-0.39, 0.29) is 41.7 Å². The molecule has 2 fully saturated rings. The van der Waals surface area contributed by atoms with Crippen LogP contribution in [-0.4, -0.2) is 73.4 Å². The fraction of sp³-hybridized carbons (Fsp3) is 0.800. The van der Waals surface area contributed by atoms with E-state index < -0.39 is 0 Å². The maximum atomic E-state index is 11.6. The molecule has 1 aliphatic heterocycles. The number of aliphatic imine (C=N–C) groups is 1. The van der Waals surface area contributed by atoms with Crippen molar-refractivity contribution in [2.24, 2.45) is 10.9 Å². The van der Waals surface area contributed by atoms with Gasteiger partial charge in [0.2, 0.25) is 11.8 Å². The van der Waals surface area contributed by atoms with Gasteiger partial charge < -0.3 is 20.4 Å². The van der Waals surface area contributed by atoms with E-state index in [0.29, 0.717) is 13.1 Å². The average molecular weight is 437 g/mol. The Hall–Kier alpha value is -1.06. The molecule has 0 spiro atoms. The second-order valence-corrected chi connectivity index (χ2v) is 5.79. The lowest BCUT2D eigenvalue weighted by molar-refractivity contribution is -0.130. The number of rotatable bonds is 5. The van der Waals surface area contributed by atoms with Crippen LogP contribution in [0.15, 0.2) is 4.99 Å². The van der Waals surface area contributed by atoms with Crippen LogP contribution in [0.4, 0.5) is 0 Å². The summed E-state index contributed by atoms with van der Waals surface area (Å²) in [5.41, 5.74) is 0. The molecule has 7 nitrogen and oxygen atoms in total. The van der Waals surface area contributed by atoms with Gasteiger partial charge in [-0.05, 0) is 19.8 Å². The minimum atomic E-state index is 0. The van der Waals surface area contributed by atoms with Gasteiger partial charge in [-0.2, -0.15) is 0 Å². The summed E-state index contributed by atoms with van der Waals surface area (Å²) in [7, 11) is 0. The lowest BCUT2D eigenvalue weighted by Gasteiger charge is -2.36. The largest absolute Gasteiger partial charge is 0.357 e. The number of nitrogens with one attached hydrogen (secondary N) is 2. The van der Waals surface area contributed by atoms with E-state index >= 15 is 0 Å². The van der Waals surface area contributed by atoms with Gasteiger partial charge in [-0.15, -0.1) is 24.0 Å². The molecule has 23 heavy (non-hydrogen) atoms. The first-order chi connectivity index (χ1) is 10.6. The molecule has 1 saturated heterocycles. The van der Waals surface area contributed by atoms with Gasteiger partial charge in [0.15, 0.2) is 5.96 Å². The summed E-state index contributed by atoms with van der Waals surface area (Å²) < 4.78 is 0. The Bertz CT molecular complexity index is 432. The topological polar surface area (TPSA) is 77.0 Å². The monoisotopic (exact) mass is 437 g/mol. The van der Waals surface area contributed by atoms with Crippen LogP contribution in [-0.2, 0) is 9.59 Å². The van der Waals surface area contributed by atoms with E-state index in [9.17, 15) is 9.59 Å². The Morgan fingerprint density at radius 2 is 1.70 bits per heavy atom. The van der Waals surface area contributed by atoms with Gasteiger partial charge in [0.1, 0.15) is 0 Å². The van der Waals surface area contributed by atoms with Crippen LogP contribution >= 0.6 is 24.0 Å². The molecule has 8 heteroatoms. The standard InChI is InChI=1S/C15H27N5O2.HI/c1-3-16-15(18-7-6-17-14(22)13-4-5-13)20-10-8-19(9-11-20)12(2)21;/h13H,3-11H2,1-2H3,(H,16,18)(H,17,22);1H. The Kier molecular flexibility index (Phi) is 8.64. The van der Waals surface area contributed by atoms with Crippen molar-refractivity contribution in [2.45, 2.75) is 26.7 Å². The number of carbonyl (C=O) groups excluding carboxylic acids is 2. The Morgan fingerprint density at radius 1 is 1.09 bits per heavy atom. The number of hydrogen-bond acceptors (Lipinski definition) is 3. The first kappa shape index (κ1) is 20.0. The molecule has 1 saturated carbocycles. The average Bonchev–Trinajstić information content (AvgIpc) is 3.35. The third kappa shape index (κ3) is 6.52. The molecule has 0 atom stereocenters. The maximum Gasteiger partial charge on any atom is 0.223 e. The SMILES string of the molecule is CCNC(=NCCNC(=O)C1CC1)N1CCN(C(C)=O)CC1.I. The van der Waals surface area contributed by atoms with Crippen molar-refractivity contribution in [3.8, 4) is 0 Å². The summed E-state index contributed by atoms with van der Waals surface area (Å²) in [6.07, 6.45) is 2.05. The minimum absolute atomic E-state index is 0. The van der Waals surface area contributed by atoms with E-state index in [1.807, 2.05) is 11.8 Å². The van der Waals surface area contributed by atoms with Crippen LogP contribution in [0.1, 0.15) is 26.7 Å². The molecule has 0 unspecified atom stereocenters. The van der Waals surface area contributed by atoms with Gasteiger partial charge in [0.25, 0.3) is 0 Å². The van der Waals surface area contributed by atoms with Crippen LogP contribution in [0.25, 0.3) is 0 Å². The van der Waals surface area contributed by atoms with Crippen molar-refractivity contribution in [3.05, 3.63) is 0 Å². The molecule has 0 aromatic rings. The third-order valence-corrected chi connectivity index (χ3v) is 3.98. The molecular formula is C15H28IN5O2. The van der Waals surface area contributed by atoms with Gasteiger partial charge >= 0.3 is 0 Å². The molecule has 0 aromatic carbocycles. The second kappa shape index (κ2) is 9.94. The van der Waals surface area contributed by atoms with Gasteiger partial charge in [0.05, 0.1) is 6.54 Å². The van der Waals surface area contributed by atoms with Crippen molar-refractivity contribution < 1.29 is 9.59 Å². The van der Waals surface area contributed by atoms with Crippen molar-refractivity contribution in [1.29, 1.82) is 0 Å². The highest BCUT2D eigenvalue weighted by Gasteiger charge is 2.29. The lowest BCUT2D eigenvalue weighted by Crippen LogP contribution is -2.53. The number of halogens is 1. The summed E-state index contributed by atoms with van der Waals surface area (Å²) in [6.45, 7) is 8.66. The first-order valence-corrected chi connectivity index (χ1v) is 8.18. The van der Waals surface area contributed by atoms with Crippen molar-refractivity contribution >= 4 is 41.8 Å². The molecule has 1 aliphatic carbocycles. The highest BCUT2D eigenvalue weighted by Crippen LogP contribution is 2.28. The normalized spacial score (nSPS) is 18.3. The van der Waals surface area contributed by atoms with E-state index in [4.69, 9.17) is 0 Å². The van der Waals surface area contributed by atoms with E-state index in [1.54, 1.807) is 6.92 Å². The van der Waals surface area contributed by atoms with Crippen molar-refractivity contribution in [3.63, 3.8) is 0 Å². The first-order valence-electron chi connectivity index (χ1n) is 8.18. The summed E-state index contributed by atoms with van der Waals surface area (Å²) in [4.78, 5) is 31.5. The number of carbonyl (C=O) groups is 2. The van der Waals surface area contributed by atoms with Gasteiger partial charge in [-0.25, -0.2) is 0 Å². The number of piperazine rings is 1. The zero-order valence-corrected chi connectivity index (χ0v) is 16.3. The number of guanidine groups is 1. The fourth-order valence-corrected chi connectivity index (χ4v) is 2.49. The van der Waals surface area contributed by atoms with E-state index in [1.165, 1.54) is 0 Å². The molecule has 2 aliphatic rings. The summed E-state index contributed by atoms with van der Waals surface area (Å²) in [5, 5.41) is 6.20. The third-order valence-electron chi connectivity index (χ3n) is 3.98. The van der Waals surface area contributed by atoms with Crippen LogP contribution < -0.4 is 10.6 Å². The second-order valence-electron chi connectivity index (χ2n) is 5.79. The summed E-state index contributed by atoms with van der Waals surface area (Å²) in [5.74, 6) is 1.41. The molecule has 0 aromatic heterocycles. The molecule has 2 amide bonds. The predicted octanol–water partition coefficient (Wildman–Crippen LogP) is 0.260. The van der Waals surface area contributed by atoms with Crippen molar-refractivity contribution in [1.82, 2.24) is 20.4 Å². The van der Waals surface area contributed by atoms with Crippen LogP contribution in [0.5, 0.6) is 0 Å². The fourth-order valence-electron chi connectivity index (χ4n) is 2.49. The van der Waals surface area contributed by atoms with E-state index in [0.717, 1.165) is 51.5 Å². The zero-order valence-electron chi connectivity index (χ0n) is 14.0. The van der Waals surface area contributed by atoms with Crippen LogP contribution in [0.3, 0.4) is 0 Å². The number of amides is 2. The van der Waals surface area contributed by atoms with E-state index in [2.05, 4.69) is 20.5 Å². The number of hydrogen-bond donors (Lipinski definition) is 2. The Labute approximate surface area is 155 Å². The Morgan fingerprint density at radius 3 is 2.22 bits per heavy atom. The molecule has 2 N–H and O–H groups in total. The minimum Gasteiger partial charge on any atom is -0.357 e. The highest BCUT2D eigenvalue weighted by molar-refractivity contribution is 14.0. The van der Waals surface area contributed by atoms with Crippen molar-refractivity contribution in [2.75, 3.05) is 45.8 Å². The molecular weight excluding hydrogens is 409 g/mol. The molecule has 2 rings (SSSR count). The van der Waals surface area contributed by atoms with Crippen LogP contribution in [0, 0.1) is 5.92 Å². The van der Waals surface area contributed by atoms with Gasteiger partial charge in [0, 0.05) is 52.1 Å². The summed E-state index contributed by atoms with van der Waals surface area (Å²) >= 11 is 0. The highest BCUT2D eigenvalue weighted by atomic mass is 127. The summed E-state index contributed by atoms with van der Waals surface area (Å²) in [6, 6.07) is 0. The van der Waals surface area contributed by atoms with Gasteiger partial charge in [-0.1, -0.05) is 0 Å². The van der Waals surface area contributed by atoms with Crippen LogP contribution in [0.2, 0.25) is 0 Å². The zero-order chi connectivity index (χ0) is 15.9. The number of nitrogens with zero attached hydrogens (tertiary/aromatic N) is 3. The smallest absolute Gasteiger partial charge is 0.223 e. The lowest BCUT2D eigenvalue weighted by atomic mass is 10.3. The van der Waals surface area contributed by atoms with Gasteiger partial charge in [-0.3, -0.25) is 14.6 Å². The molecule has 1 heterocycles. The molecule has 0 bridgehead atoms. The molecule has 0 radical (unpaired) electrons. The predicted molar refractivity (Wildman–Crippen MR) is 101 cm³/mol. The molecule has 132 valence electrons. The quantitative estimate of drug-likeness (QED) is 0.280.